The van der Waals surface area contributed by atoms with E-state index in [9.17, 15) is 0 Å². The van der Waals surface area contributed by atoms with Crippen molar-refractivity contribution >= 4 is 0 Å². The van der Waals surface area contributed by atoms with Crippen molar-refractivity contribution in [2.45, 2.75) is 128 Å². The van der Waals surface area contributed by atoms with E-state index in [1.807, 2.05) is 12.4 Å². The van der Waals surface area contributed by atoms with E-state index in [0.717, 1.165) is 36.1 Å². The van der Waals surface area contributed by atoms with Crippen LogP contribution in [-0.2, 0) is 5.41 Å². The van der Waals surface area contributed by atoms with E-state index in [1.165, 1.54) is 115 Å². The van der Waals surface area contributed by atoms with Crippen LogP contribution in [0.5, 0.6) is 5.75 Å². The second-order valence-electron chi connectivity index (χ2n) is 11.3. The van der Waals surface area contributed by atoms with E-state index >= 15 is 0 Å². The van der Waals surface area contributed by atoms with Gasteiger partial charge in [-0.05, 0) is 42.6 Å². The number of unbranched alkanes of at least 4 members (excludes halogenated alkanes) is 7. The molecule has 2 saturated carbocycles. The van der Waals surface area contributed by atoms with E-state index in [1.54, 1.807) is 0 Å². The molecule has 1 heterocycles. The predicted molar refractivity (Wildman–Crippen MR) is 147 cm³/mol. The van der Waals surface area contributed by atoms with Gasteiger partial charge in [-0.3, -0.25) is 0 Å². The number of nitrogens with zero attached hydrogens (tertiary/aromatic N) is 2. The first-order chi connectivity index (χ1) is 17.3. The third-order valence-electron chi connectivity index (χ3n) is 8.43. The molecule has 192 valence electrons. The van der Waals surface area contributed by atoms with Gasteiger partial charge in [-0.15, -0.1) is 0 Å². The van der Waals surface area contributed by atoms with Gasteiger partial charge in [-0.25, -0.2) is 9.97 Å². The lowest BCUT2D eigenvalue weighted by atomic mass is 9.66. The average Bonchev–Trinajstić information content (AvgIpc) is 3.73. The monoisotopic (exact) mass is 476 g/mol. The summed E-state index contributed by atoms with van der Waals surface area (Å²) < 4.78 is 5.90. The Hall–Kier alpha value is -1.90. The molecule has 35 heavy (non-hydrogen) atoms. The maximum atomic E-state index is 5.90. The summed E-state index contributed by atoms with van der Waals surface area (Å²) in [4.78, 5) is 9.20. The highest BCUT2D eigenvalue weighted by molar-refractivity contribution is 5.56. The second-order valence-corrected chi connectivity index (χ2v) is 11.3. The molecule has 2 aliphatic rings. The molecule has 2 aromatic rings. The Labute approximate surface area is 214 Å². The molecule has 1 aromatic heterocycles. The molecule has 0 atom stereocenters. The fourth-order valence-corrected chi connectivity index (χ4v) is 5.98. The van der Waals surface area contributed by atoms with Crippen LogP contribution in [0.4, 0.5) is 0 Å². The third-order valence-corrected chi connectivity index (χ3v) is 8.43. The van der Waals surface area contributed by atoms with Gasteiger partial charge >= 0.3 is 0 Å². The van der Waals surface area contributed by atoms with Crippen molar-refractivity contribution in [3.05, 3.63) is 42.2 Å². The molecular formula is C32H48N2O. The van der Waals surface area contributed by atoms with Gasteiger partial charge in [0.15, 0.2) is 11.6 Å². The molecule has 0 radical (unpaired) electrons. The summed E-state index contributed by atoms with van der Waals surface area (Å²) in [6, 6.07) is 9.16. The summed E-state index contributed by atoms with van der Waals surface area (Å²) in [5.41, 5.74) is 3.02. The summed E-state index contributed by atoms with van der Waals surface area (Å²) >= 11 is 0. The van der Waals surface area contributed by atoms with Crippen molar-refractivity contribution in [3.8, 4) is 17.1 Å². The smallest absolute Gasteiger partial charge is 0.159 e. The summed E-state index contributed by atoms with van der Waals surface area (Å²) in [6.07, 6.45) is 28.2. The zero-order chi connectivity index (χ0) is 24.2. The molecule has 4 rings (SSSR count). The zero-order valence-electron chi connectivity index (χ0n) is 22.3. The van der Waals surface area contributed by atoms with Crippen molar-refractivity contribution in [2.75, 3.05) is 6.61 Å². The minimum absolute atomic E-state index is 0.390. The number of hydrogen-bond donors (Lipinski definition) is 0. The number of rotatable bonds is 16. The van der Waals surface area contributed by atoms with Gasteiger partial charge in [-0.2, -0.15) is 0 Å². The quantitative estimate of drug-likeness (QED) is 0.226. The lowest BCUT2D eigenvalue weighted by molar-refractivity contribution is 0.266. The van der Waals surface area contributed by atoms with Crippen molar-refractivity contribution in [1.29, 1.82) is 0 Å². The molecule has 2 aliphatic carbocycles. The van der Waals surface area contributed by atoms with Gasteiger partial charge in [0.25, 0.3) is 0 Å². The van der Waals surface area contributed by atoms with Crippen molar-refractivity contribution in [3.63, 3.8) is 0 Å². The van der Waals surface area contributed by atoms with Gasteiger partial charge in [0.1, 0.15) is 0 Å². The fraction of sp³-hybridized carbons (Fsp3) is 0.688. The van der Waals surface area contributed by atoms with E-state index < -0.39 is 0 Å². The second kappa shape index (κ2) is 14.0. The van der Waals surface area contributed by atoms with Crippen LogP contribution in [0.3, 0.4) is 0 Å². The molecule has 3 nitrogen and oxygen atoms in total. The van der Waals surface area contributed by atoms with Crippen LogP contribution in [0, 0.1) is 5.92 Å². The predicted octanol–water partition coefficient (Wildman–Crippen LogP) is 9.45. The normalized spacial score (nSPS) is 17.4. The molecule has 2 fully saturated rings. The first-order valence-corrected chi connectivity index (χ1v) is 14.8. The summed E-state index contributed by atoms with van der Waals surface area (Å²) in [7, 11) is 0. The van der Waals surface area contributed by atoms with E-state index in [2.05, 4.69) is 41.2 Å². The Morgan fingerprint density at radius 2 is 1.49 bits per heavy atom. The lowest BCUT2D eigenvalue weighted by Gasteiger charge is -2.38. The molecule has 0 bridgehead atoms. The molecule has 0 amide bonds. The summed E-state index contributed by atoms with van der Waals surface area (Å²) in [5.74, 6) is 2.66. The topological polar surface area (TPSA) is 35.0 Å². The Morgan fingerprint density at radius 3 is 2.17 bits per heavy atom. The summed E-state index contributed by atoms with van der Waals surface area (Å²) in [5, 5.41) is 0. The van der Waals surface area contributed by atoms with Gasteiger partial charge in [0.2, 0.25) is 0 Å². The highest BCUT2D eigenvalue weighted by Gasteiger charge is 2.33. The van der Waals surface area contributed by atoms with Crippen LogP contribution in [-0.4, -0.2) is 16.6 Å². The van der Waals surface area contributed by atoms with Gasteiger partial charge < -0.3 is 4.74 Å². The van der Waals surface area contributed by atoms with Crippen molar-refractivity contribution < 1.29 is 4.74 Å². The fourth-order valence-electron chi connectivity index (χ4n) is 5.98. The number of hydrogen-bond acceptors (Lipinski definition) is 3. The Kier molecular flexibility index (Phi) is 10.5. The molecule has 0 N–H and O–H groups in total. The van der Waals surface area contributed by atoms with Gasteiger partial charge in [0.05, 0.1) is 19.0 Å². The van der Waals surface area contributed by atoms with E-state index in [0.29, 0.717) is 5.41 Å². The van der Waals surface area contributed by atoms with Gasteiger partial charge in [-0.1, -0.05) is 121 Å². The molecule has 3 heteroatoms. The summed E-state index contributed by atoms with van der Waals surface area (Å²) in [6.45, 7) is 3.07. The van der Waals surface area contributed by atoms with Crippen LogP contribution in [0.2, 0.25) is 0 Å². The van der Waals surface area contributed by atoms with E-state index in [-0.39, 0.29) is 0 Å². The van der Waals surface area contributed by atoms with Crippen LogP contribution in [0.25, 0.3) is 11.4 Å². The molecule has 0 unspecified atom stereocenters. The van der Waals surface area contributed by atoms with Crippen LogP contribution in [0.1, 0.15) is 128 Å². The van der Waals surface area contributed by atoms with Crippen LogP contribution in [0.15, 0.2) is 36.7 Å². The van der Waals surface area contributed by atoms with E-state index in [4.69, 9.17) is 4.74 Å². The van der Waals surface area contributed by atoms with Crippen molar-refractivity contribution in [1.82, 2.24) is 9.97 Å². The largest absolute Gasteiger partial charge is 0.490 e. The molecule has 0 aliphatic heterocycles. The first-order valence-electron chi connectivity index (χ1n) is 14.8. The number of aromatic nitrogens is 2. The highest BCUT2D eigenvalue weighted by atomic mass is 16.5. The van der Waals surface area contributed by atoms with Gasteiger partial charge in [0, 0.05) is 5.56 Å². The minimum atomic E-state index is 0.390. The minimum Gasteiger partial charge on any atom is -0.490 e. The third kappa shape index (κ3) is 8.33. The van der Waals surface area contributed by atoms with Crippen molar-refractivity contribution in [2.24, 2.45) is 5.92 Å². The average molecular weight is 477 g/mol. The Morgan fingerprint density at radius 1 is 0.800 bits per heavy atom. The lowest BCUT2D eigenvalue weighted by Crippen LogP contribution is -2.29. The maximum absolute atomic E-state index is 5.90. The Balaban J connectivity index is 1.20. The molecule has 0 spiro atoms. The SMILES string of the molecule is CCCCCC1(c2ccc(-c3ncc(OCCCCCCCCC4CC4)cn3)cc2)CCCCC1. The van der Waals surface area contributed by atoms with Crippen LogP contribution < -0.4 is 4.74 Å². The molecule has 1 aromatic carbocycles. The standard InChI is InChI=1S/C32H48N2O/c1-2-3-10-21-32(22-11-8-12-23-32)29-19-17-28(18-20-29)31-33-25-30(26-34-31)35-24-13-7-5-4-6-9-14-27-15-16-27/h17-20,25-27H,2-16,21-24H2,1H3. The maximum Gasteiger partial charge on any atom is 0.159 e. The molecular weight excluding hydrogens is 428 g/mol. The first kappa shape index (κ1) is 26.2. The highest BCUT2D eigenvalue weighted by Crippen LogP contribution is 2.43. The number of ether oxygens (including phenoxy) is 1. The zero-order valence-corrected chi connectivity index (χ0v) is 22.3. The molecule has 0 saturated heterocycles. The van der Waals surface area contributed by atoms with Crippen LogP contribution >= 0.6 is 0 Å². The number of benzene rings is 1. The Bertz CT molecular complexity index is 835.